The van der Waals surface area contributed by atoms with Crippen LogP contribution < -0.4 is 16.2 Å². The number of hydrazine groups is 1. The normalized spacial score (nSPS) is 14.6. The van der Waals surface area contributed by atoms with E-state index in [1.807, 2.05) is 11.3 Å². The molecule has 0 saturated carbocycles. The number of aromatic amines is 1. The van der Waals surface area contributed by atoms with E-state index in [4.69, 9.17) is 14.5 Å². The molecule has 1 saturated heterocycles. The number of fused-ring (bicyclic) bond motifs is 1. The van der Waals surface area contributed by atoms with Crippen molar-refractivity contribution in [3.8, 4) is 11.4 Å². The fourth-order valence-corrected chi connectivity index (χ4v) is 3.77. The average molecular weight is 485 g/mol. The zero-order valence-electron chi connectivity index (χ0n) is 20.5. The lowest BCUT2D eigenvalue weighted by Crippen LogP contribution is -2.44. The molecule has 0 atom stereocenters. The summed E-state index contributed by atoms with van der Waals surface area (Å²) in [5, 5.41) is 3.49. The van der Waals surface area contributed by atoms with Crippen LogP contribution in [-0.2, 0) is 9.47 Å². The molecule has 0 bridgehead atoms. The molecule has 1 fully saturated rings. The third-order valence-corrected chi connectivity index (χ3v) is 5.45. The smallest absolute Gasteiger partial charge is 0.426 e. The number of hydrogen-bond acceptors (Lipinski definition) is 8. The minimum atomic E-state index is -0.739. The summed E-state index contributed by atoms with van der Waals surface area (Å²) < 4.78 is 12.4. The number of aryl methyl sites for hydroxylation is 1. The minimum absolute atomic E-state index is 0.343. The summed E-state index contributed by atoms with van der Waals surface area (Å²) in [6.07, 6.45) is 2.57. The van der Waals surface area contributed by atoms with Crippen LogP contribution >= 0.6 is 0 Å². The van der Waals surface area contributed by atoms with Crippen LogP contribution in [0.25, 0.3) is 17.0 Å². The van der Waals surface area contributed by atoms with E-state index in [0.717, 1.165) is 50.1 Å². The molecule has 0 unspecified atom stereocenters. The van der Waals surface area contributed by atoms with Gasteiger partial charge in [0.15, 0.2) is 0 Å². The van der Waals surface area contributed by atoms with Crippen LogP contribution in [-0.4, -0.2) is 81.2 Å². The highest BCUT2D eigenvalue weighted by Gasteiger charge is 2.20. The summed E-state index contributed by atoms with van der Waals surface area (Å²) in [5.74, 6) is 0.264. The molecule has 4 N–H and O–H groups in total. The number of H-pyrrole nitrogens is 1. The predicted octanol–water partition coefficient (Wildman–Crippen LogP) is 1.95. The van der Waals surface area contributed by atoms with Crippen molar-refractivity contribution >= 4 is 23.5 Å². The fraction of sp³-hybridized carbons (Fsp3) is 0.478. The molecule has 4 heterocycles. The molecule has 0 aromatic carbocycles. The van der Waals surface area contributed by atoms with E-state index in [9.17, 15) is 9.59 Å². The number of pyridine rings is 1. The molecule has 4 rings (SSSR count). The first-order valence-electron chi connectivity index (χ1n) is 11.6. The number of imidazole rings is 2. The van der Waals surface area contributed by atoms with Crippen LogP contribution in [0.15, 0.2) is 24.7 Å². The van der Waals surface area contributed by atoms with E-state index in [1.54, 1.807) is 45.4 Å². The van der Waals surface area contributed by atoms with Crippen LogP contribution in [0.4, 0.5) is 10.6 Å². The minimum Gasteiger partial charge on any atom is -0.443 e. The monoisotopic (exact) mass is 484 g/mol. The Morgan fingerprint density at radius 1 is 1.20 bits per heavy atom. The molecule has 2 amide bonds. The highest BCUT2D eigenvalue weighted by atomic mass is 16.6. The Bertz CT molecular complexity index is 1190. The van der Waals surface area contributed by atoms with Gasteiger partial charge in [-0.25, -0.2) is 20.2 Å². The standard InChI is InChI=1S/C23H32N8O4/c1-15-18(26-14-25-15)19-20(24-7-8-30-9-11-34-12-10-30)31-13-16(5-6-17(31)27-19)21(32)28-29-22(33)35-23(2,3)4/h5-6,13-14,24H,7-12H2,1-4H3,(H,25,26)(H,28,32)(H,29,33). The van der Waals surface area contributed by atoms with Gasteiger partial charge in [-0.3, -0.25) is 19.5 Å². The predicted molar refractivity (Wildman–Crippen MR) is 130 cm³/mol. The number of rotatable bonds is 6. The second-order valence-electron chi connectivity index (χ2n) is 9.28. The molecule has 0 spiro atoms. The summed E-state index contributed by atoms with van der Waals surface area (Å²) in [7, 11) is 0. The van der Waals surface area contributed by atoms with Gasteiger partial charge in [0.05, 0.1) is 36.5 Å². The summed E-state index contributed by atoms with van der Waals surface area (Å²) in [5.41, 5.74) is 7.34. The molecule has 188 valence electrons. The third-order valence-electron chi connectivity index (χ3n) is 5.45. The van der Waals surface area contributed by atoms with Crippen molar-refractivity contribution in [1.29, 1.82) is 0 Å². The number of morpholine rings is 1. The van der Waals surface area contributed by atoms with Crippen molar-refractivity contribution in [2.75, 3.05) is 44.7 Å². The van der Waals surface area contributed by atoms with Gasteiger partial charge in [0, 0.05) is 32.4 Å². The van der Waals surface area contributed by atoms with E-state index in [-0.39, 0.29) is 0 Å². The highest BCUT2D eigenvalue weighted by Crippen LogP contribution is 2.29. The average Bonchev–Trinajstić information content (AvgIpc) is 3.39. The third kappa shape index (κ3) is 6.08. The lowest BCUT2D eigenvalue weighted by molar-refractivity contribution is 0.0398. The van der Waals surface area contributed by atoms with Crippen LogP contribution in [0.1, 0.15) is 36.8 Å². The maximum atomic E-state index is 12.7. The van der Waals surface area contributed by atoms with Crippen molar-refractivity contribution in [2.45, 2.75) is 33.3 Å². The van der Waals surface area contributed by atoms with Crippen LogP contribution in [0, 0.1) is 6.92 Å². The largest absolute Gasteiger partial charge is 0.443 e. The van der Waals surface area contributed by atoms with Crippen LogP contribution in [0.2, 0.25) is 0 Å². The van der Waals surface area contributed by atoms with E-state index in [0.29, 0.717) is 23.4 Å². The number of anilines is 1. The molecule has 1 aliphatic rings. The lowest BCUT2D eigenvalue weighted by atomic mass is 10.2. The maximum absolute atomic E-state index is 12.7. The fourth-order valence-electron chi connectivity index (χ4n) is 3.77. The number of carbonyl (C=O) groups is 2. The van der Waals surface area contributed by atoms with Gasteiger partial charge in [-0.1, -0.05) is 0 Å². The summed E-state index contributed by atoms with van der Waals surface area (Å²) >= 11 is 0. The number of aromatic nitrogens is 4. The van der Waals surface area contributed by atoms with Gasteiger partial charge in [0.25, 0.3) is 5.91 Å². The molecule has 1 aliphatic heterocycles. The first-order valence-corrected chi connectivity index (χ1v) is 11.6. The first kappa shape index (κ1) is 24.5. The summed E-state index contributed by atoms with van der Waals surface area (Å²) in [6, 6.07) is 3.40. The number of carbonyl (C=O) groups excluding carboxylic acids is 2. The Morgan fingerprint density at radius 3 is 2.66 bits per heavy atom. The Hall–Kier alpha value is -3.64. The summed E-state index contributed by atoms with van der Waals surface area (Å²) in [4.78, 5) is 39.2. The number of hydrogen-bond donors (Lipinski definition) is 4. The maximum Gasteiger partial charge on any atom is 0.426 e. The second kappa shape index (κ2) is 10.3. The zero-order valence-corrected chi connectivity index (χ0v) is 20.5. The molecule has 0 aliphatic carbocycles. The first-order chi connectivity index (χ1) is 16.7. The summed E-state index contributed by atoms with van der Waals surface area (Å²) in [6.45, 7) is 12.0. The zero-order chi connectivity index (χ0) is 25.0. The van der Waals surface area contributed by atoms with E-state index in [1.165, 1.54) is 0 Å². The Balaban J connectivity index is 1.55. The molecule has 0 radical (unpaired) electrons. The van der Waals surface area contributed by atoms with Crippen molar-refractivity contribution < 1.29 is 19.1 Å². The Morgan fingerprint density at radius 2 is 1.97 bits per heavy atom. The highest BCUT2D eigenvalue weighted by molar-refractivity contribution is 5.95. The Labute approximate surface area is 203 Å². The van der Waals surface area contributed by atoms with Gasteiger partial charge in [0.2, 0.25) is 0 Å². The topological polar surface area (TPSA) is 138 Å². The van der Waals surface area contributed by atoms with E-state index >= 15 is 0 Å². The van der Waals surface area contributed by atoms with Gasteiger partial charge in [0.1, 0.15) is 22.8 Å². The molecular weight excluding hydrogens is 452 g/mol. The second-order valence-corrected chi connectivity index (χ2v) is 9.28. The van der Waals surface area contributed by atoms with E-state index < -0.39 is 17.6 Å². The van der Waals surface area contributed by atoms with Crippen molar-refractivity contribution in [3.05, 3.63) is 35.9 Å². The number of amides is 2. The molecular formula is C23H32N8O4. The molecule has 3 aromatic rings. The molecule has 12 nitrogen and oxygen atoms in total. The van der Waals surface area contributed by atoms with E-state index in [2.05, 4.69) is 31.0 Å². The van der Waals surface area contributed by atoms with Gasteiger partial charge >= 0.3 is 6.09 Å². The van der Waals surface area contributed by atoms with Gasteiger partial charge in [-0.2, -0.15) is 0 Å². The SMILES string of the molecule is Cc1nc[nH]c1-c1nc2ccc(C(=O)NNC(=O)OC(C)(C)C)cn2c1NCCN1CCOCC1. The number of ether oxygens (including phenoxy) is 2. The lowest BCUT2D eigenvalue weighted by Gasteiger charge is -2.26. The number of nitrogens with zero attached hydrogens (tertiary/aromatic N) is 4. The molecule has 12 heteroatoms. The Kier molecular flexibility index (Phi) is 7.22. The van der Waals surface area contributed by atoms with Crippen LogP contribution in [0.3, 0.4) is 0 Å². The molecule has 35 heavy (non-hydrogen) atoms. The number of nitrogens with one attached hydrogen (secondary N) is 4. The van der Waals surface area contributed by atoms with Gasteiger partial charge in [-0.05, 0) is 39.8 Å². The van der Waals surface area contributed by atoms with Gasteiger partial charge in [-0.15, -0.1) is 0 Å². The quantitative estimate of drug-likeness (QED) is 0.390. The van der Waals surface area contributed by atoms with Crippen LogP contribution in [0.5, 0.6) is 0 Å². The molecule has 3 aromatic heterocycles. The van der Waals surface area contributed by atoms with Crippen molar-refractivity contribution in [3.63, 3.8) is 0 Å². The van der Waals surface area contributed by atoms with Gasteiger partial charge < -0.3 is 19.8 Å². The van der Waals surface area contributed by atoms with Crippen molar-refractivity contribution in [1.82, 2.24) is 35.1 Å². The van der Waals surface area contributed by atoms with Crippen molar-refractivity contribution in [2.24, 2.45) is 0 Å².